The maximum absolute atomic E-state index is 12.3. The number of hydrogen-bond acceptors (Lipinski definition) is 3. The molecule has 2 aromatic carbocycles. The van der Waals surface area contributed by atoms with Crippen LogP contribution in [0.4, 0.5) is 5.69 Å². The van der Waals surface area contributed by atoms with Crippen LogP contribution in [-0.4, -0.2) is 25.0 Å². The van der Waals surface area contributed by atoms with E-state index in [1.54, 1.807) is 49.4 Å². The lowest BCUT2D eigenvalue weighted by atomic mass is 10.2. The second-order valence-corrected chi connectivity index (χ2v) is 5.75. The molecule has 2 rings (SSSR count). The zero-order valence-corrected chi connectivity index (χ0v) is 14.6. The average Bonchev–Trinajstić information content (AvgIpc) is 2.58. The van der Waals surface area contributed by atoms with Crippen molar-refractivity contribution in [2.24, 2.45) is 0 Å². The fourth-order valence-electron chi connectivity index (χ4n) is 1.95. The smallest absolute Gasteiger partial charge is 0.265 e. The lowest BCUT2D eigenvalue weighted by Gasteiger charge is -2.16. The fraction of sp³-hybridized carbons (Fsp3) is 0.176. The Balaban J connectivity index is 2.06. The first-order valence-electron chi connectivity index (χ1n) is 7.16. The van der Waals surface area contributed by atoms with E-state index in [-0.39, 0.29) is 16.8 Å². The number of ether oxygens (including phenoxy) is 1. The quantitative estimate of drug-likeness (QED) is 0.846. The van der Waals surface area contributed by atoms with Gasteiger partial charge in [0.2, 0.25) is 0 Å². The van der Waals surface area contributed by atoms with Gasteiger partial charge in [0.15, 0.2) is 6.10 Å². The van der Waals surface area contributed by atoms with Crippen LogP contribution in [-0.2, 0) is 4.79 Å². The minimum atomic E-state index is -0.801. The third-order valence-electron chi connectivity index (χ3n) is 3.21. The third kappa shape index (κ3) is 4.40. The normalized spacial score (nSPS) is 11.5. The minimum absolute atomic E-state index is 0.235. The van der Waals surface area contributed by atoms with E-state index in [9.17, 15) is 9.59 Å². The van der Waals surface area contributed by atoms with Gasteiger partial charge < -0.3 is 15.4 Å². The van der Waals surface area contributed by atoms with E-state index >= 15 is 0 Å². The van der Waals surface area contributed by atoms with Crippen molar-refractivity contribution in [1.29, 1.82) is 0 Å². The van der Waals surface area contributed by atoms with Crippen LogP contribution >= 0.6 is 23.2 Å². The monoisotopic (exact) mass is 366 g/mol. The Morgan fingerprint density at radius 1 is 1.12 bits per heavy atom. The van der Waals surface area contributed by atoms with Crippen molar-refractivity contribution in [3.8, 4) is 5.75 Å². The van der Waals surface area contributed by atoms with E-state index in [1.807, 2.05) is 0 Å². The summed E-state index contributed by atoms with van der Waals surface area (Å²) in [5.41, 5.74) is 0.940. The topological polar surface area (TPSA) is 67.4 Å². The molecule has 2 N–H and O–H groups in total. The Morgan fingerprint density at radius 3 is 2.54 bits per heavy atom. The molecule has 126 valence electrons. The van der Waals surface area contributed by atoms with E-state index in [0.717, 1.165) is 0 Å². The highest BCUT2D eigenvalue weighted by molar-refractivity contribution is 6.42. The molecule has 24 heavy (non-hydrogen) atoms. The molecule has 0 heterocycles. The first-order chi connectivity index (χ1) is 11.4. The van der Waals surface area contributed by atoms with Gasteiger partial charge >= 0.3 is 0 Å². The highest BCUT2D eigenvalue weighted by atomic mass is 35.5. The molecule has 0 spiro atoms. The predicted molar refractivity (Wildman–Crippen MR) is 95.0 cm³/mol. The lowest BCUT2D eigenvalue weighted by Crippen LogP contribution is -2.30. The number of amides is 2. The molecular weight excluding hydrogens is 351 g/mol. The fourth-order valence-corrected chi connectivity index (χ4v) is 2.28. The van der Waals surface area contributed by atoms with Crippen LogP contribution in [0.1, 0.15) is 17.3 Å². The molecule has 7 heteroatoms. The lowest BCUT2D eigenvalue weighted by molar-refractivity contribution is -0.122. The van der Waals surface area contributed by atoms with Gasteiger partial charge in [-0.1, -0.05) is 35.3 Å². The standard InChI is InChI=1S/C17H16Cl2N2O3/c1-10(24-14-8-4-7-13(18)15(14)19)16(22)21-12-6-3-5-11(9-12)17(23)20-2/h3-10H,1-2H3,(H,20,23)(H,21,22). The minimum Gasteiger partial charge on any atom is -0.479 e. The zero-order valence-electron chi connectivity index (χ0n) is 13.1. The first kappa shape index (κ1) is 18.1. The molecule has 0 aliphatic heterocycles. The second-order valence-electron chi connectivity index (χ2n) is 4.96. The van der Waals surface area contributed by atoms with Crippen molar-refractivity contribution in [3.63, 3.8) is 0 Å². The van der Waals surface area contributed by atoms with Gasteiger partial charge in [-0.15, -0.1) is 0 Å². The van der Waals surface area contributed by atoms with Crippen LogP contribution < -0.4 is 15.4 Å². The highest BCUT2D eigenvalue weighted by Gasteiger charge is 2.17. The molecule has 0 aromatic heterocycles. The SMILES string of the molecule is CNC(=O)c1cccc(NC(=O)C(C)Oc2cccc(Cl)c2Cl)c1. The van der Waals surface area contributed by atoms with Crippen LogP contribution in [0.25, 0.3) is 0 Å². The number of carbonyl (C=O) groups is 2. The number of halogens is 2. The zero-order chi connectivity index (χ0) is 17.7. The molecule has 0 aliphatic carbocycles. The van der Waals surface area contributed by atoms with Gasteiger partial charge in [-0.25, -0.2) is 0 Å². The third-order valence-corrected chi connectivity index (χ3v) is 4.01. The molecular formula is C17H16Cl2N2O3. The summed E-state index contributed by atoms with van der Waals surface area (Å²) in [7, 11) is 1.54. The Hall–Kier alpha value is -2.24. The highest BCUT2D eigenvalue weighted by Crippen LogP contribution is 2.32. The summed E-state index contributed by atoms with van der Waals surface area (Å²) in [5, 5.41) is 5.82. The average molecular weight is 367 g/mol. The number of anilines is 1. The summed E-state index contributed by atoms with van der Waals surface area (Å²) in [4.78, 5) is 23.9. The molecule has 0 fully saturated rings. The van der Waals surface area contributed by atoms with Crippen molar-refractivity contribution < 1.29 is 14.3 Å². The van der Waals surface area contributed by atoms with Gasteiger partial charge in [0.05, 0.1) is 5.02 Å². The van der Waals surface area contributed by atoms with Crippen molar-refractivity contribution in [3.05, 3.63) is 58.1 Å². The maximum Gasteiger partial charge on any atom is 0.265 e. The summed E-state index contributed by atoms with van der Waals surface area (Å²) >= 11 is 12.0. The predicted octanol–water partition coefficient (Wildman–Crippen LogP) is 3.76. The van der Waals surface area contributed by atoms with Crippen LogP contribution in [0, 0.1) is 0 Å². The van der Waals surface area contributed by atoms with Gasteiger partial charge in [0.25, 0.3) is 11.8 Å². The molecule has 0 bridgehead atoms. The van der Waals surface area contributed by atoms with Gasteiger partial charge in [-0.05, 0) is 37.3 Å². The number of hydrogen-bond donors (Lipinski definition) is 2. The molecule has 1 atom stereocenters. The van der Waals surface area contributed by atoms with E-state index in [1.165, 1.54) is 7.05 Å². The number of rotatable bonds is 5. The van der Waals surface area contributed by atoms with Gasteiger partial charge in [-0.2, -0.15) is 0 Å². The molecule has 0 radical (unpaired) electrons. The summed E-state index contributed by atoms with van der Waals surface area (Å²) in [5.74, 6) is -0.285. The second kappa shape index (κ2) is 8.04. The summed E-state index contributed by atoms with van der Waals surface area (Å²) in [6, 6.07) is 11.5. The largest absolute Gasteiger partial charge is 0.479 e. The molecule has 2 aromatic rings. The van der Waals surface area contributed by atoms with E-state index in [0.29, 0.717) is 22.0 Å². The van der Waals surface area contributed by atoms with Crippen LogP contribution in [0.3, 0.4) is 0 Å². The molecule has 0 saturated heterocycles. The maximum atomic E-state index is 12.3. The van der Waals surface area contributed by atoms with Gasteiger partial charge in [0.1, 0.15) is 10.8 Å². The van der Waals surface area contributed by atoms with Crippen molar-refractivity contribution >= 4 is 40.7 Å². The Morgan fingerprint density at radius 2 is 1.83 bits per heavy atom. The molecule has 0 aliphatic rings. The van der Waals surface area contributed by atoms with Gasteiger partial charge in [0, 0.05) is 18.3 Å². The van der Waals surface area contributed by atoms with E-state index in [4.69, 9.17) is 27.9 Å². The molecule has 2 amide bonds. The molecule has 0 saturated carbocycles. The Kier molecular flexibility index (Phi) is 6.06. The van der Waals surface area contributed by atoms with Gasteiger partial charge in [-0.3, -0.25) is 9.59 Å². The number of benzene rings is 2. The molecule has 5 nitrogen and oxygen atoms in total. The number of nitrogens with one attached hydrogen (secondary N) is 2. The summed E-state index contributed by atoms with van der Waals surface area (Å²) < 4.78 is 5.55. The van der Waals surface area contributed by atoms with Crippen LogP contribution in [0.15, 0.2) is 42.5 Å². The Bertz CT molecular complexity index is 765. The Labute approximate surface area is 149 Å². The number of carbonyl (C=O) groups excluding carboxylic acids is 2. The first-order valence-corrected chi connectivity index (χ1v) is 7.91. The summed E-state index contributed by atoms with van der Waals surface area (Å²) in [6.07, 6.45) is -0.801. The van der Waals surface area contributed by atoms with E-state index < -0.39 is 6.10 Å². The van der Waals surface area contributed by atoms with Crippen molar-refractivity contribution in [1.82, 2.24) is 5.32 Å². The molecule has 1 unspecified atom stereocenters. The summed E-state index contributed by atoms with van der Waals surface area (Å²) in [6.45, 7) is 1.59. The van der Waals surface area contributed by atoms with Crippen molar-refractivity contribution in [2.45, 2.75) is 13.0 Å². The van der Waals surface area contributed by atoms with E-state index in [2.05, 4.69) is 10.6 Å². The van der Waals surface area contributed by atoms with Crippen LogP contribution in [0.5, 0.6) is 5.75 Å². The van der Waals surface area contributed by atoms with Crippen molar-refractivity contribution in [2.75, 3.05) is 12.4 Å². The van der Waals surface area contributed by atoms with Crippen LogP contribution in [0.2, 0.25) is 10.0 Å².